The lowest BCUT2D eigenvalue weighted by molar-refractivity contribution is 0.329. The van der Waals surface area contributed by atoms with Crippen LogP contribution in [0.2, 0.25) is 0 Å². The molecule has 0 saturated heterocycles. The van der Waals surface area contributed by atoms with Gasteiger partial charge in [-0.2, -0.15) is 10.2 Å². The molecule has 1 aliphatic rings. The number of rotatable bonds is 7. The van der Waals surface area contributed by atoms with Gasteiger partial charge in [-0.3, -0.25) is 10.1 Å². The monoisotopic (exact) mass is 473 g/mol. The van der Waals surface area contributed by atoms with E-state index in [1.165, 1.54) is 7.11 Å². The summed E-state index contributed by atoms with van der Waals surface area (Å²) in [5.41, 5.74) is 4.81. The molecule has 180 valence electrons. The maximum absolute atomic E-state index is 15.6. The van der Waals surface area contributed by atoms with E-state index >= 15 is 4.39 Å². The van der Waals surface area contributed by atoms with Crippen molar-refractivity contribution < 1.29 is 9.13 Å². The van der Waals surface area contributed by atoms with E-state index in [2.05, 4.69) is 26.3 Å². The molecule has 1 unspecified atom stereocenters. The Hall–Kier alpha value is -4.01. The highest BCUT2D eigenvalue weighted by Crippen LogP contribution is 2.35. The Bertz CT molecular complexity index is 1360. The SMILES string of the molecule is CCc1cc(OC)c(F)c(N(Cc2ccn[nH]2)c2ccc3ncc(C4C=NN(C)CC4)cc3n2)c1. The molecule has 1 aromatic carbocycles. The van der Waals surface area contributed by atoms with E-state index in [9.17, 15) is 0 Å². The number of halogens is 1. The number of aryl methyl sites for hydroxylation is 1. The average Bonchev–Trinajstić information content (AvgIpc) is 3.41. The van der Waals surface area contributed by atoms with Crippen LogP contribution in [-0.4, -0.2) is 52.1 Å². The number of nitrogens with zero attached hydrogens (tertiary/aromatic N) is 6. The Labute approximate surface area is 203 Å². The smallest absolute Gasteiger partial charge is 0.188 e. The Morgan fingerprint density at radius 3 is 2.80 bits per heavy atom. The molecule has 0 spiro atoms. The molecule has 0 fully saturated rings. The minimum absolute atomic E-state index is 0.192. The molecule has 35 heavy (non-hydrogen) atoms. The Morgan fingerprint density at radius 2 is 2.09 bits per heavy atom. The van der Waals surface area contributed by atoms with Crippen LogP contribution in [0.15, 0.2) is 53.9 Å². The Kier molecular flexibility index (Phi) is 6.31. The fourth-order valence-corrected chi connectivity index (χ4v) is 4.29. The molecule has 4 heterocycles. The van der Waals surface area contributed by atoms with E-state index in [1.807, 2.05) is 60.6 Å². The summed E-state index contributed by atoms with van der Waals surface area (Å²) >= 11 is 0. The molecule has 0 bridgehead atoms. The van der Waals surface area contributed by atoms with Crippen LogP contribution in [0, 0.1) is 5.82 Å². The summed E-state index contributed by atoms with van der Waals surface area (Å²) in [5, 5.41) is 13.4. The molecular weight excluding hydrogens is 445 g/mol. The minimum atomic E-state index is -0.430. The van der Waals surface area contributed by atoms with Crippen LogP contribution in [0.25, 0.3) is 11.0 Å². The molecule has 0 amide bonds. The molecule has 1 N–H and O–H groups in total. The largest absolute Gasteiger partial charge is 0.494 e. The lowest BCUT2D eigenvalue weighted by Gasteiger charge is -2.26. The van der Waals surface area contributed by atoms with Gasteiger partial charge < -0.3 is 14.6 Å². The zero-order valence-electron chi connectivity index (χ0n) is 20.1. The van der Waals surface area contributed by atoms with Gasteiger partial charge in [0.15, 0.2) is 11.6 Å². The van der Waals surface area contributed by atoms with E-state index in [1.54, 1.807) is 12.3 Å². The van der Waals surface area contributed by atoms with Crippen molar-refractivity contribution in [2.45, 2.75) is 32.2 Å². The number of hydrogen-bond donors (Lipinski definition) is 1. The Balaban J connectivity index is 1.60. The molecule has 9 heteroatoms. The zero-order chi connectivity index (χ0) is 24.4. The van der Waals surface area contributed by atoms with Gasteiger partial charge >= 0.3 is 0 Å². The van der Waals surface area contributed by atoms with Crippen molar-refractivity contribution in [3.05, 3.63) is 71.4 Å². The van der Waals surface area contributed by atoms with Gasteiger partial charge in [0.1, 0.15) is 5.82 Å². The summed E-state index contributed by atoms with van der Waals surface area (Å²) in [6.07, 6.45) is 7.24. The third kappa shape index (κ3) is 4.66. The van der Waals surface area contributed by atoms with Gasteiger partial charge in [-0.05, 0) is 60.4 Å². The molecule has 1 aliphatic heterocycles. The lowest BCUT2D eigenvalue weighted by Crippen LogP contribution is -2.22. The third-order valence-corrected chi connectivity index (χ3v) is 6.34. The van der Waals surface area contributed by atoms with Gasteiger partial charge in [0.05, 0.1) is 36.1 Å². The molecule has 4 aromatic rings. The number of anilines is 2. The third-order valence-electron chi connectivity index (χ3n) is 6.34. The van der Waals surface area contributed by atoms with Gasteiger partial charge in [0.2, 0.25) is 0 Å². The molecule has 0 saturated carbocycles. The topological polar surface area (TPSA) is 82.5 Å². The second kappa shape index (κ2) is 9.69. The van der Waals surface area contributed by atoms with E-state index in [-0.39, 0.29) is 11.7 Å². The predicted molar refractivity (Wildman–Crippen MR) is 135 cm³/mol. The summed E-state index contributed by atoms with van der Waals surface area (Å²) < 4.78 is 20.9. The van der Waals surface area contributed by atoms with E-state index in [4.69, 9.17) is 9.72 Å². The van der Waals surface area contributed by atoms with Crippen LogP contribution in [0.5, 0.6) is 5.75 Å². The summed E-state index contributed by atoms with van der Waals surface area (Å²) in [6, 6.07) is 11.3. The molecule has 5 rings (SSSR count). The molecule has 3 aromatic heterocycles. The van der Waals surface area contributed by atoms with Gasteiger partial charge in [-0.15, -0.1) is 0 Å². The Morgan fingerprint density at radius 1 is 1.20 bits per heavy atom. The van der Waals surface area contributed by atoms with Crippen LogP contribution in [-0.2, 0) is 13.0 Å². The van der Waals surface area contributed by atoms with E-state index in [0.717, 1.165) is 47.2 Å². The van der Waals surface area contributed by atoms with Crippen molar-refractivity contribution >= 4 is 28.8 Å². The highest BCUT2D eigenvalue weighted by molar-refractivity contribution is 5.80. The predicted octanol–water partition coefficient (Wildman–Crippen LogP) is 4.81. The van der Waals surface area contributed by atoms with Crippen LogP contribution in [0.1, 0.15) is 36.1 Å². The van der Waals surface area contributed by atoms with Crippen LogP contribution in [0.4, 0.5) is 15.9 Å². The van der Waals surface area contributed by atoms with Crippen molar-refractivity contribution in [3.63, 3.8) is 0 Å². The van der Waals surface area contributed by atoms with Crippen molar-refractivity contribution in [2.75, 3.05) is 25.6 Å². The lowest BCUT2D eigenvalue weighted by atomic mass is 9.97. The van der Waals surface area contributed by atoms with Gasteiger partial charge in [0.25, 0.3) is 0 Å². The maximum atomic E-state index is 15.6. The first kappa shape index (κ1) is 22.8. The van der Waals surface area contributed by atoms with Gasteiger partial charge in [-0.1, -0.05) is 6.92 Å². The molecule has 0 radical (unpaired) electrons. The number of pyridine rings is 2. The average molecular weight is 474 g/mol. The van der Waals surface area contributed by atoms with Gasteiger partial charge in [0, 0.05) is 38.1 Å². The van der Waals surface area contributed by atoms with Crippen molar-refractivity contribution in [3.8, 4) is 5.75 Å². The standard InChI is InChI=1S/C26H28FN7O/c1-4-17-11-23(26(27)24(12-17)35-3)34(16-20-7-9-29-32-20)25-6-5-21-22(31-25)13-19(14-28-21)18-8-10-33(2)30-15-18/h5-7,9,11-15,18H,4,8,10,16H2,1-3H3,(H,29,32). The molecule has 8 nitrogen and oxygen atoms in total. The number of methoxy groups -OCH3 is 1. The number of ether oxygens (including phenoxy) is 1. The fraction of sp³-hybridized carbons (Fsp3) is 0.308. The molecule has 1 atom stereocenters. The summed E-state index contributed by atoms with van der Waals surface area (Å²) in [6.45, 7) is 3.28. The quantitative estimate of drug-likeness (QED) is 0.415. The summed E-state index contributed by atoms with van der Waals surface area (Å²) in [4.78, 5) is 11.4. The van der Waals surface area contributed by atoms with Crippen LogP contribution >= 0.6 is 0 Å². The first-order valence-corrected chi connectivity index (χ1v) is 11.7. The van der Waals surface area contributed by atoms with Crippen molar-refractivity contribution in [1.82, 2.24) is 25.2 Å². The molecular formula is C26H28FN7O. The summed E-state index contributed by atoms with van der Waals surface area (Å²) in [7, 11) is 3.45. The second-order valence-electron chi connectivity index (χ2n) is 8.67. The second-order valence-corrected chi connectivity index (χ2v) is 8.67. The van der Waals surface area contributed by atoms with Gasteiger partial charge in [-0.25, -0.2) is 9.37 Å². The summed E-state index contributed by atoms with van der Waals surface area (Å²) in [5.74, 6) is 0.579. The highest BCUT2D eigenvalue weighted by atomic mass is 19.1. The van der Waals surface area contributed by atoms with E-state index < -0.39 is 5.82 Å². The molecule has 0 aliphatic carbocycles. The fourth-order valence-electron chi connectivity index (χ4n) is 4.29. The van der Waals surface area contributed by atoms with Crippen LogP contribution < -0.4 is 9.64 Å². The number of hydrazone groups is 1. The number of H-pyrrole nitrogens is 1. The number of nitrogens with one attached hydrogen (secondary N) is 1. The van der Waals surface area contributed by atoms with Crippen molar-refractivity contribution in [1.29, 1.82) is 0 Å². The zero-order valence-corrected chi connectivity index (χ0v) is 20.1. The first-order chi connectivity index (χ1) is 17.1. The number of benzene rings is 1. The van der Waals surface area contributed by atoms with Crippen molar-refractivity contribution in [2.24, 2.45) is 5.10 Å². The highest BCUT2D eigenvalue weighted by Gasteiger charge is 2.22. The number of hydrogen-bond acceptors (Lipinski definition) is 7. The number of fused-ring (bicyclic) bond motifs is 1. The number of aromatic nitrogens is 4. The maximum Gasteiger partial charge on any atom is 0.188 e. The normalized spacial score (nSPS) is 15.5. The van der Waals surface area contributed by atoms with E-state index in [0.29, 0.717) is 18.1 Å². The van der Waals surface area contributed by atoms with Crippen LogP contribution in [0.3, 0.4) is 0 Å². The minimum Gasteiger partial charge on any atom is -0.494 e. The number of aromatic amines is 1. The first-order valence-electron chi connectivity index (χ1n) is 11.7.